The van der Waals surface area contributed by atoms with Crippen LogP contribution in [0.15, 0.2) is 18.3 Å². The molecule has 2 N–H and O–H groups in total. The maximum absolute atomic E-state index is 12.8. The molecule has 1 aliphatic carbocycles. The smallest absolute Gasteiger partial charge is 0.306 e. The van der Waals surface area contributed by atoms with Crippen LogP contribution in [0.3, 0.4) is 0 Å². The summed E-state index contributed by atoms with van der Waals surface area (Å²) in [6.07, 6.45) is 5.64. The molecule has 1 aliphatic heterocycles. The van der Waals surface area contributed by atoms with Gasteiger partial charge in [0, 0.05) is 32.1 Å². The van der Waals surface area contributed by atoms with Gasteiger partial charge in [-0.25, -0.2) is 4.98 Å². The Hall–Kier alpha value is -2.64. The SMILES string of the molecule is O=CNc1ccc(N2CCCN(C(=O)C3CCC(C(=O)O)CC3)CC2)nc1. The lowest BCUT2D eigenvalue weighted by Crippen LogP contribution is -2.40. The molecule has 1 aromatic heterocycles. The highest BCUT2D eigenvalue weighted by atomic mass is 16.4. The number of aliphatic carboxylic acids is 1. The first-order chi connectivity index (χ1) is 13.1. The lowest BCUT2D eigenvalue weighted by Gasteiger charge is -2.30. The fourth-order valence-electron chi connectivity index (χ4n) is 3.94. The minimum atomic E-state index is -0.742. The monoisotopic (exact) mass is 374 g/mol. The summed E-state index contributed by atoms with van der Waals surface area (Å²) in [5.41, 5.74) is 0.650. The van der Waals surface area contributed by atoms with Crippen molar-refractivity contribution in [1.29, 1.82) is 0 Å². The summed E-state index contributed by atoms with van der Waals surface area (Å²) in [4.78, 5) is 42.9. The van der Waals surface area contributed by atoms with E-state index >= 15 is 0 Å². The number of carbonyl (C=O) groups is 3. The third-order valence-electron chi connectivity index (χ3n) is 5.53. The van der Waals surface area contributed by atoms with Crippen LogP contribution in [0, 0.1) is 11.8 Å². The first-order valence-corrected chi connectivity index (χ1v) is 9.51. The largest absolute Gasteiger partial charge is 0.481 e. The summed E-state index contributed by atoms with van der Waals surface area (Å²) in [5, 5.41) is 11.7. The van der Waals surface area contributed by atoms with Crippen molar-refractivity contribution in [3.8, 4) is 0 Å². The van der Waals surface area contributed by atoms with Gasteiger partial charge in [-0.1, -0.05) is 0 Å². The molecule has 2 fully saturated rings. The molecule has 2 amide bonds. The highest BCUT2D eigenvalue weighted by Crippen LogP contribution is 2.30. The van der Waals surface area contributed by atoms with Crippen molar-refractivity contribution in [1.82, 2.24) is 9.88 Å². The van der Waals surface area contributed by atoms with Gasteiger partial charge in [0.15, 0.2) is 0 Å². The molecule has 0 bridgehead atoms. The van der Waals surface area contributed by atoms with Crippen LogP contribution < -0.4 is 10.2 Å². The Kier molecular flexibility index (Phi) is 6.26. The molecule has 2 heterocycles. The second-order valence-corrected chi connectivity index (χ2v) is 7.22. The van der Waals surface area contributed by atoms with Gasteiger partial charge in [0.05, 0.1) is 17.8 Å². The van der Waals surface area contributed by atoms with E-state index < -0.39 is 5.97 Å². The number of hydrogen-bond acceptors (Lipinski definition) is 5. The Morgan fingerprint density at radius 1 is 1.07 bits per heavy atom. The lowest BCUT2D eigenvalue weighted by molar-refractivity contribution is -0.145. The predicted molar refractivity (Wildman–Crippen MR) is 100 cm³/mol. The van der Waals surface area contributed by atoms with Crippen LogP contribution in [0.5, 0.6) is 0 Å². The number of anilines is 2. The van der Waals surface area contributed by atoms with Gasteiger partial charge in [0.25, 0.3) is 0 Å². The first-order valence-electron chi connectivity index (χ1n) is 9.51. The molecule has 0 atom stereocenters. The number of nitrogens with zero attached hydrogens (tertiary/aromatic N) is 3. The fourth-order valence-corrected chi connectivity index (χ4v) is 3.94. The zero-order valence-corrected chi connectivity index (χ0v) is 15.3. The van der Waals surface area contributed by atoms with Gasteiger partial charge in [-0.3, -0.25) is 14.4 Å². The fraction of sp³-hybridized carbons (Fsp3) is 0.579. The molecule has 1 aromatic rings. The standard InChI is InChI=1S/C19H26N4O4/c24-13-21-16-6-7-17(20-12-16)22-8-1-9-23(11-10-22)18(25)14-2-4-15(5-3-14)19(26)27/h6-7,12-15H,1-5,8-11H2,(H,21,24)(H,26,27). The van der Waals surface area contributed by atoms with E-state index in [-0.39, 0.29) is 17.7 Å². The summed E-state index contributed by atoms with van der Waals surface area (Å²) in [6.45, 7) is 2.90. The van der Waals surface area contributed by atoms with E-state index in [1.165, 1.54) is 0 Å². The number of aromatic nitrogens is 1. The topological polar surface area (TPSA) is 103 Å². The van der Waals surface area contributed by atoms with Gasteiger partial charge in [-0.05, 0) is 44.2 Å². The summed E-state index contributed by atoms with van der Waals surface area (Å²) < 4.78 is 0. The van der Waals surface area contributed by atoms with Crippen LogP contribution in [-0.2, 0) is 14.4 Å². The van der Waals surface area contributed by atoms with E-state index in [0.29, 0.717) is 50.9 Å². The molecule has 2 aliphatic rings. The van der Waals surface area contributed by atoms with E-state index in [9.17, 15) is 14.4 Å². The van der Waals surface area contributed by atoms with E-state index in [4.69, 9.17) is 5.11 Å². The number of nitrogens with one attached hydrogen (secondary N) is 1. The molecule has 0 spiro atoms. The van der Waals surface area contributed by atoms with E-state index in [1.807, 2.05) is 17.0 Å². The minimum absolute atomic E-state index is 0.0426. The predicted octanol–water partition coefficient (Wildman–Crippen LogP) is 1.58. The Balaban J connectivity index is 1.54. The Morgan fingerprint density at radius 2 is 1.81 bits per heavy atom. The maximum atomic E-state index is 12.8. The highest BCUT2D eigenvalue weighted by molar-refractivity contribution is 5.79. The van der Waals surface area contributed by atoms with Gasteiger partial charge in [-0.15, -0.1) is 0 Å². The van der Waals surface area contributed by atoms with Gasteiger partial charge in [-0.2, -0.15) is 0 Å². The molecule has 1 saturated heterocycles. The highest BCUT2D eigenvalue weighted by Gasteiger charge is 2.32. The summed E-state index contributed by atoms with van der Waals surface area (Å²) in [5.74, 6) is -0.0783. The number of pyridine rings is 1. The van der Waals surface area contributed by atoms with Crippen LogP contribution in [0.1, 0.15) is 32.1 Å². The number of carboxylic acid groups (broad SMARTS) is 1. The number of amides is 2. The summed E-state index contributed by atoms with van der Waals surface area (Å²) in [6, 6.07) is 3.68. The van der Waals surface area contributed by atoms with E-state index in [0.717, 1.165) is 25.3 Å². The van der Waals surface area contributed by atoms with E-state index in [2.05, 4.69) is 15.2 Å². The minimum Gasteiger partial charge on any atom is -0.481 e. The third-order valence-corrected chi connectivity index (χ3v) is 5.53. The van der Waals surface area contributed by atoms with E-state index in [1.54, 1.807) is 6.20 Å². The molecule has 8 heteroatoms. The molecule has 27 heavy (non-hydrogen) atoms. The van der Waals surface area contributed by atoms with Gasteiger partial charge >= 0.3 is 5.97 Å². The quantitative estimate of drug-likeness (QED) is 0.759. The molecular weight excluding hydrogens is 348 g/mol. The van der Waals surface area contributed by atoms with Gasteiger partial charge < -0.3 is 20.2 Å². The van der Waals surface area contributed by atoms with Crippen LogP contribution in [-0.4, -0.2) is 59.5 Å². The lowest BCUT2D eigenvalue weighted by atomic mass is 9.81. The number of carbonyl (C=O) groups excluding carboxylic acids is 2. The molecular formula is C19H26N4O4. The third kappa shape index (κ3) is 4.75. The average molecular weight is 374 g/mol. The van der Waals surface area contributed by atoms with Crippen molar-refractivity contribution < 1.29 is 19.5 Å². The van der Waals surface area contributed by atoms with Crippen molar-refractivity contribution in [3.05, 3.63) is 18.3 Å². The Labute approximate surface area is 158 Å². The van der Waals surface area contributed by atoms with Crippen LogP contribution >= 0.6 is 0 Å². The van der Waals surface area contributed by atoms with Gasteiger partial charge in [0.2, 0.25) is 12.3 Å². The molecule has 0 aromatic carbocycles. The van der Waals surface area contributed by atoms with Crippen LogP contribution in [0.2, 0.25) is 0 Å². The Bertz CT molecular complexity index is 671. The number of hydrogen-bond donors (Lipinski definition) is 2. The van der Waals surface area contributed by atoms with Crippen molar-refractivity contribution >= 4 is 29.8 Å². The second kappa shape index (κ2) is 8.83. The second-order valence-electron chi connectivity index (χ2n) is 7.22. The summed E-state index contributed by atoms with van der Waals surface area (Å²) >= 11 is 0. The summed E-state index contributed by atoms with van der Waals surface area (Å²) in [7, 11) is 0. The Morgan fingerprint density at radius 3 is 2.44 bits per heavy atom. The zero-order valence-electron chi connectivity index (χ0n) is 15.3. The zero-order chi connectivity index (χ0) is 19.2. The molecule has 3 rings (SSSR count). The molecule has 0 unspecified atom stereocenters. The first kappa shape index (κ1) is 19.1. The molecule has 1 saturated carbocycles. The maximum Gasteiger partial charge on any atom is 0.306 e. The molecule has 146 valence electrons. The van der Waals surface area contributed by atoms with Crippen LogP contribution in [0.25, 0.3) is 0 Å². The normalized spacial score (nSPS) is 23.4. The van der Waals surface area contributed by atoms with Crippen molar-refractivity contribution in [2.45, 2.75) is 32.1 Å². The van der Waals surface area contributed by atoms with Crippen molar-refractivity contribution in [2.75, 3.05) is 36.4 Å². The number of carboxylic acids is 1. The number of rotatable bonds is 5. The van der Waals surface area contributed by atoms with Crippen molar-refractivity contribution in [2.24, 2.45) is 11.8 Å². The molecule has 8 nitrogen and oxygen atoms in total. The van der Waals surface area contributed by atoms with Crippen LogP contribution in [0.4, 0.5) is 11.5 Å². The molecule has 0 radical (unpaired) electrons. The van der Waals surface area contributed by atoms with Crippen molar-refractivity contribution in [3.63, 3.8) is 0 Å². The average Bonchev–Trinajstić information content (AvgIpc) is 2.94. The van der Waals surface area contributed by atoms with Gasteiger partial charge in [0.1, 0.15) is 5.82 Å².